The number of halogens is 1. The third-order valence-corrected chi connectivity index (χ3v) is 4.21. The van der Waals surface area contributed by atoms with E-state index >= 15 is 0 Å². The van der Waals surface area contributed by atoms with Gasteiger partial charge in [0.25, 0.3) is 0 Å². The summed E-state index contributed by atoms with van der Waals surface area (Å²) in [6.07, 6.45) is -0.320. The van der Waals surface area contributed by atoms with E-state index in [2.05, 4.69) is 10.6 Å². The Balaban J connectivity index is 2.62. The Kier molecular flexibility index (Phi) is 6.59. The predicted molar refractivity (Wildman–Crippen MR) is 102 cm³/mol. The average molecular weight is 397 g/mol. The van der Waals surface area contributed by atoms with Crippen LogP contribution in [0, 0.1) is 5.92 Å². The molecule has 2 rings (SSSR count). The van der Waals surface area contributed by atoms with Crippen molar-refractivity contribution in [2.24, 2.45) is 5.92 Å². The molecule has 0 fully saturated rings. The Labute approximate surface area is 163 Å². The highest BCUT2D eigenvalue weighted by atomic mass is 35.5. The minimum absolute atomic E-state index is 0.0615. The van der Waals surface area contributed by atoms with Crippen molar-refractivity contribution in [2.75, 3.05) is 6.61 Å². The summed E-state index contributed by atoms with van der Waals surface area (Å²) in [6, 6.07) is 1.82. The monoisotopic (exact) mass is 396 g/mol. The molecule has 1 aliphatic rings. The normalized spacial score (nSPS) is 17.0. The lowest BCUT2D eigenvalue weighted by molar-refractivity contribution is -0.143. The number of phenols is 1. The Morgan fingerprint density at radius 1 is 1.30 bits per heavy atom. The molecule has 0 spiro atoms. The van der Waals surface area contributed by atoms with Gasteiger partial charge in [-0.25, -0.2) is 9.59 Å². The lowest BCUT2D eigenvalue weighted by Crippen LogP contribution is -2.47. The maximum absolute atomic E-state index is 12.8. The highest BCUT2D eigenvalue weighted by Crippen LogP contribution is 2.40. The number of rotatable bonds is 6. The standard InChI is InChI=1S/C19H25ClN2O5/c1-6-26-13-8-11(7-12(20)17(13)23)16-14(18(24)27-10(4)5)15(9(2)3)21-19(25)22-16/h7-10,16,23H,6H2,1-5H3,(H2,21,22,25). The molecule has 2 amide bonds. The number of esters is 1. The summed E-state index contributed by atoms with van der Waals surface area (Å²) in [4.78, 5) is 25.0. The van der Waals surface area contributed by atoms with E-state index in [-0.39, 0.29) is 28.5 Å². The number of amides is 2. The van der Waals surface area contributed by atoms with Crippen LogP contribution >= 0.6 is 11.6 Å². The first-order valence-electron chi connectivity index (χ1n) is 8.83. The van der Waals surface area contributed by atoms with Crippen molar-refractivity contribution in [1.82, 2.24) is 10.6 Å². The molecule has 0 aliphatic carbocycles. The van der Waals surface area contributed by atoms with Crippen LogP contribution in [-0.4, -0.2) is 29.8 Å². The van der Waals surface area contributed by atoms with Gasteiger partial charge in [-0.15, -0.1) is 0 Å². The molecule has 1 unspecified atom stereocenters. The molecule has 1 aromatic rings. The quantitative estimate of drug-likeness (QED) is 0.637. The van der Waals surface area contributed by atoms with Crippen LogP contribution in [-0.2, 0) is 9.53 Å². The molecule has 0 radical (unpaired) electrons. The molecule has 0 saturated carbocycles. The highest BCUT2D eigenvalue weighted by Gasteiger charge is 2.35. The maximum Gasteiger partial charge on any atom is 0.338 e. The zero-order chi connectivity index (χ0) is 20.3. The topological polar surface area (TPSA) is 96.9 Å². The second-order valence-electron chi connectivity index (χ2n) is 6.75. The molecule has 1 heterocycles. The van der Waals surface area contributed by atoms with E-state index in [0.29, 0.717) is 23.4 Å². The molecule has 0 bridgehead atoms. The number of nitrogens with one attached hydrogen (secondary N) is 2. The first kappa shape index (κ1) is 20.9. The van der Waals surface area contributed by atoms with Gasteiger partial charge in [0.05, 0.1) is 29.3 Å². The van der Waals surface area contributed by atoms with Crippen LogP contribution in [0.3, 0.4) is 0 Å². The largest absolute Gasteiger partial charge is 0.503 e. The summed E-state index contributed by atoms with van der Waals surface area (Å²) in [5.74, 6) is -0.669. The van der Waals surface area contributed by atoms with Crippen LogP contribution in [0.1, 0.15) is 46.2 Å². The van der Waals surface area contributed by atoms with E-state index in [4.69, 9.17) is 21.1 Å². The fourth-order valence-corrected chi connectivity index (χ4v) is 3.04. The minimum atomic E-state index is -0.792. The number of carbonyl (C=O) groups excluding carboxylic acids is 2. The zero-order valence-electron chi connectivity index (χ0n) is 16.1. The number of urea groups is 1. The van der Waals surface area contributed by atoms with Crippen LogP contribution in [0.25, 0.3) is 0 Å². The summed E-state index contributed by atoms with van der Waals surface area (Å²) in [5.41, 5.74) is 1.28. The second-order valence-corrected chi connectivity index (χ2v) is 7.16. The van der Waals surface area contributed by atoms with Gasteiger partial charge >= 0.3 is 12.0 Å². The molecule has 1 atom stereocenters. The minimum Gasteiger partial charge on any atom is -0.503 e. The molecule has 8 heteroatoms. The fourth-order valence-electron chi connectivity index (χ4n) is 2.82. The highest BCUT2D eigenvalue weighted by molar-refractivity contribution is 6.32. The molecule has 0 saturated heterocycles. The smallest absolute Gasteiger partial charge is 0.338 e. The number of aromatic hydroxyl groups is 1. The fraction of sp³-hybridized carbons (Fsp3) is 0.474. The van der Waals surface area contributed by atoms with Gasteiger partial charge < -0.3 is 25.2 Å². The number of allylic oxidation sites excluding steroid dienone is 1. The van der Waals surface area contributed by atoms with Gasteiger partial charge in [0, 0.05) is 5.70 Å². The van der Waals surface area contributed by atoms with Gasteiger partial charge in [-0.1, -0.05) is 25.4 Å². The van der Waals surface area contributed by atoms with Gasteiger partial charge in [-0.05, 0) is 44.4 Å². The lowest BCUT2D eigenvalue weighted by atomic mass is 9.91. The number of ether oxygens (including phenoxy) is 2. The number of carbonyl (C=O) groups is 2. The molecule has 3 N–H and O–H groups in total. The van der Waals surface area contributed by atoms with E-state index in [1.54, 1.807) is 26.8 Å². The molecular formula is C19H25ClN2O5. The summed E-state index contributed by atoms with van der Waals surface area (Å²) < 4.78 is 10.8. The molecule has 0 aromatic heterocycles. The summed E-state index contributed by atoms with van der Waals surface area (Å²) in [5, 5.41) is 15.6. The van der Waals surface area contributed by atoms with Crippen molar-refractivity contribution in [1.29, 1.82) is 0 Å². The van der Waals surface area contributed by atoms with E-state index in [1.807, 2.05) is 13.8 Å². The van der Waals surface area contributed by atoms with Crippen molar-refractivity contribution in [3.63, 3.8) is 0 Å². The molecule has 27 heavy (non-hydrogen) atoms. The first-order chi connectivity index (χ1) is 12.6. The van der Waals surface area contributed by atoms with Crippen LogP contribution in [0.2, 0.25) is 5.02 Å². The van der Waals surface area contributed by atoms with Crippen LogP contribution in [0.5, 0.6) is 11.5 Å². The summed E-state index contributed by atoms with van der Waals surface area (Å²) in [7, 11) is 0. The third-order valence-electron chi connectivity index (χ3n) is 3.93. The molecule has 1 aliphatic heterocycles. The van der Waals surface area contributed by atoms with Gasteiger partial charge in [-0.2, -0.15) is 0 Å². The van der Waals surface area contributed by atoms with E-state index in [1.165, 1.54) is 6.07 Å². The van der Waals surface area contributed by atoms with E-state index in [9.17, 15) is 14.7 Å². The van der Waals surface area contributed by atoms with Crippen LogP contribution in [0.4, 0.5) is 4.79 Å². The van der Waals surface area contributed by atoms with Crippen molar-refractivity contribution < 1.29 is 24.2 Å². The molecule has 7 nitrogen and oxygen atoms in total. The number of hydrogen-bond acceptors (Lipinski definition) is 5. The molecular weight excluding hydrogens is 372 g/mol. The average Bonchev–Trinajstić information content (AvgIpc) is 2.57. The van der Waals surface area contributed by atoms with Crippen molar-refractivity contribution in [3.05, 3.63) is 34.0 Å². The number of phenolic OH excluding ortho intramolecular Hbond substituents is 1. The Hall–Kier alpha value is -2.41. The second kappa shape index (κ2) is 8.52. The van der Waals surface area contributed by atoms with Crippen molar-refractivity contribution in [3.8, 4) is 11.5 Å². The van der Waals surface area contributed by atoms with Crippen molar-refractivity contribution in [2.45, 2.75) is 46.8 Å². The van der Waals surface area contributed by atoms with Crippen LogP contribution in [0.15, 0.2) is 23.4 Å². The summed E-state index contributed by atoms with van der Waals surface area (Å²) in [6.45, 7) is 9.34. The van der Waals surface area contributed by atoms with Gasteiger partial charge in [-0.3, -0.25) is 0 Å². The first-order valence-corrected chi connectivity index (χ1v) is 9.21. The number of benzene rings is 1. The maximum atomic E-state index is 12.8. The van der Waals surface area contributed by atoms with E-state index < -0.39 is 18.0 Å². The van der Waals surface area contributed by atoms with Gasteiger partial charge in [0.1, 0.15) is 0 Å². The Morgan fingerprint density at radius 2 is 1.96 bits per heavy atom. The summed E-state index contributed by atoms with van der Waals surface area (Å²) >= 11 is 6.13. The van der Waals surface area contributed by atoms with E-state index in [0.717, 1.165) is 0 Å². The third kappa shape index (κ3) is 4.66. The van der Waals surface area contributed by atoms with Crippen LogP contribution < -0.4 is 15.4 Å². The molecule has 1 aromatic carbocycles. The SMILES string of the molecule is CCOc1cc(C2NC(=O)NC(C(C)C)=C2C(=O)OC(C)C)cc(Cl)c1O. The van der Waals surface area contributed by atoms with Crippen molar-refractivity contribution >= 4 is 23.6 Å². The Bertz CT molecular complexity index is 774. The van der Waals surface area contributed by atoms with Gasteiger partial charge in [0.15, 0.2) is 11.5 Å². The molecule has 148 valence electrons. The van der Waals surface area contributed by atoms with Gasteiger partial charge in [0.2, 0.25) is 0 Å². The number of hydrogen-bond donors (Lipinski definition) is 3. The zero-order valence-corrected chi connectivity index (χ0v) is 16.8. The Morgan fingerprint density at radius 3 is 2.52 bits per heavy atom. The lowest BCUT2D eigenvalue weighted by Gasteiger charge is -2.31. The predicted octanol–water partition coefficient (Wildman–Crippen LogP) is 3.66.